The number of hydrogen-bond acceptors (Lipinski definition) is 3. The fraction of sp³-hybridized carbons (Fsp3) is 0.0769. The number of hydrogen-bond donors (Lipinski definition) is 3. The SMILES string of the molecule is C=CC(O)(O)Nc1cccc2ccccc12. The number of anilines is 1. The van der Waals surface area contributed by atoms with Crippen molar-refractivity contribution in [1.82, 2.24) is 0 Å². The molecule has 0 atom stereocenters. The molecule has 2 rings (SSSR count). The Morgan fingerprint density at radius 2 is 1.75 bits per heavy atom. The molecule has 3 N–H and O–H groups in total. The summed E-state index contributed by atoms with van der Waals surface area (Å²) >= 11 is 0. The molecule has 0 aliphatic rings. The van der Waals surface area contributed by atoms with Crippen LogP contribution in [0.1, 0.15) is 0 Å². The Morgan fingerprint density at radius 3 is 2.50 bits per heavy atom. The first kappa shape index (κ1) is 10.7. The number of fused-ring (bicyclic) bond motifs is 1. The predicted molar refractivity (Wildman–Crippen MR) is 64.9 cm³/mol. The first-order chi connectivity index (χ1) is 7.62. The van der Waals surface area contributed by atoms with E-state index >= 15 is 0 Å². The molecule has 0 aromatic heterocycles. The molecule has 82 valence electrons. The van der Waals surface area contributed by atoms with Gasteiger partial charge in [0.05, 0.1) is 0 Å². The molecule has 0 amide bonds. The van der Waals surface area contributed by atoms with Crippen molar-refractivity contribution in [2.75, 3.05) is 5.32 Å². The Hall–Kier alpha value is -1.84. The molecule has 0 aliphatic carbocycles. The van der Waals surface area contributed by atoms with Crippen LogP contribution in [0.5, 0.6) is 0 Å². The first-order valence-corrected chi connectivity index (χ1v) is 4.97. The van der Waals surface area contributed by atoms with Gasteiger partial charge in [-0.15, -0.1) is 0 Å². The molecule has 3 heteroatoms. The van der Waals surface area contributed by atoms with Crippen molar-refractivity contribution >= 4 is 16.5 Å². The lowest BCUT2D eigenvalue weighted by atomic mass is 10.1. The maximum atomic E-state index is 9.46. The molecule has 0 aliphatic heterocycles. The molecule has 0 radical (unpaired) electrons. The Labute approximate surface area is 93.7 Å². The highest BCUT2D eigenvalue weighted by molar-refractivity contribution is 5.93. The van der Waals surface area contributed by atoms with Gasteiger partial charge in [0, 0.05) is 11.1 Å². The predicted octanol–water partition coefficient (Wildman–Crippen LogP) is 2.08. The van der Waals surface area contributed by atoms with Crippen molar-refractivity contribution in [2.24, 2.45) is 0 Å². The van der Waals surface area contributed by atoms with E-state index < -0.39 is 5.91 Å². The molecule has 3 nitrogen and oxygen atoms in total. The zero-order valence-electron chi connectivity index (χ0n) is 8.72. The Bertz CT molecular complexity index is 515. The third-order valence-corrected chi connectivity index (χ3v) is 2.39. The van der Waals surface area contributed by atoms with Crippen LogP contribution in [0.2, 0.25) is 0 Å². The van der Waals surface area contributed by atoms with Gasteiger partial charge >= 0.3 is 0 Å². The van der Waals surface area contributed by atoms with Crippen molar-refractivity contribution in [3.05, 3.63) is 55.1 Å². The van der Waals surface area contributed by atoms with E-state index in [1.807, 2.05) is 36.4 Å². The van der Waals surface area contributed by atoms with Crippen LogP contribution < -0.4 is 5.32 Å². The second-order valence-corrected chi connectivity index (χ2v) is 3.58. The van der Waals surface area contributed by atoms with E-state index in [0.717, 1.165) is 16.8 Å². The van der Waals surface area contributed by atoms with Gasteiger partial charge in [0.15, 0.2) is 0 Å². The van der Waals surface area contributed by atoms with Crippen LogP contribution >= 0.6 is 0 Å². The van der Waals surface area contributed by atoms with Gasteiger partial charge in [-0.05, 0) is 17.5 Å². The van der Waals surface area contributed by atoms with Gasteiger partial charge in [0.25, 0.3) is 5.91 Å². The summed E-state index contributed by atoms with van der Waals surface area (Å²) in [6, 6.07) is 13.3. The Morgan fingerprint density at radius 1 is 1.06 bits per heavy atom. The van der Waals surface area contributed by atoms with Crippen LogP contribution in [0.3, 0.4) is 0 Å². The van der Waals surface area contributed by atoms with Gasteiger partial charge in [0.1, 0.15) is 0 Å². The summed E-state index contributed by atoms with van der Waals surface area (Å²) in [7, 11) is 0. The molecule has 0 heterocycles. The van der Waals surface area contributed by atoms with E-state index in [4.69, 9.17) is 0 Å². The molecular weight excluding hydrogens is 202 g/mol. The van der Waals surface area contributed by atoms with Crippen molar-refractivity contribution in [1.29, 1.82) is 0 Å². The molecule has 16 heavy (non-hydrogen) atoms. The highest BCUT2D eigenvalue weighted by atomic mass is 16.5. The zero-order valence-corrected chi connectivity index (χ0v) is 8.72. The second kappa shape index (κ2) is 3.96. The molecule has 2 aromatic rings. The van der Waals surface area contributed by atoms with Crippen molar-refractivity contribution < 1.29 is 10.2 Å². The fourth-order valence-electron chi connectivity index (χ4n) is 1.58. The lowest BCUT2D eigenvalue weighted by Crippen LogP contribution is -2.34. The third kappa shape index (κ3) is 2.05. The van der Waals surface area contributed by atoms with Gasteiger partial charge < -0.3 is 15.5 Å². The maximum absolute atomic E-state index is 9.46. The van der Waals surface area contributed by atoms with E-state index in [9.17, 15) is 10.2 Å². The van der Waals surface area contributed by atoms with Gasteiger partial charge in [0.2, 0.25) is 0 Å². The topological polar surface area (TPSA) is 52.5 Å². The number of rotatable bonds is 3. The molecule has 0 fully saturated rings. The van der Waals surface area contributed by atoms with E-state index in [0.29, 0.717) is 5.69 Å². The Balaban J connectivity index is 2.49. The second-order valence-electron chi connectivity index (χ2n) is 3.58. The minimum absolute atomic E-state index is 0.656. The molecule has 0 saturated carbocycles. The standard InChI is InChI=1S/C13H13NO2/c1-2-13(15,16)14-12-9-5-7-10-6-3-4-8-11(10)12/h2-9,14-16H,1H2. The van der Waals surface area contributed by atoms with E-state index in [1.165, 1.54) is 0 Å². The van der Waals surface area contributed by atoms with E-state index in [-0.39, 0.29) is 0 Å². The van der Waals surface area contributed by atoms with Crippen LogP contribution in [0.15, 0.2) is 55.1 Å². The number of benzene rings is 2. The van der Waals surface area contributed by atoms with Crippen molar-refractivity contribution in [2.45, 2.75) is 5.91 Å². The minimum atomic E-state index is -2.09. The highest BCUT2D eigenvalue weighted by Gasteiger charge is 2.17. The summed E-state index contributed by atoms with van der Waals surface area (Å²) < 4.78 is 0. The molecule has 0 spiro atoms. The van der Waals surface area contributed by atoms with Crippen LogP contribution in [-0.2, 0) is 0 Å². The summed E-state index contributed by atoms with van der Waals surface area (Å²) in [5.41, 5.74) is 0.656. The zero-order chi connectivity index (χ0) is 11.6. The number of aliphatic hydroxyl groups is 2. The van der Waals surface area contributed by atoms with Crippen LogP contribution in [0, 0.1) is 0 Å². The fourth-order valence-corrected chi connectivity index (χ4v) is 1.58. The Kier molecular flexibility index (Phi) is 2.64. The molecule has 0 bridgehead atoms. The molecule has 0 saturated heterocycles. The van der Waals surface area contributed by atoms with Crippen LogP contribution in [0.25, 0.3) is 10.8 Å². The van der Waals surface area contributed by atoms with Crippen LogP contribution in [0.4, 0.5) is 5.69 Å². The normalized spacial score (nSPS) is 11.4. The summed E-state index contributed by atoms with van der Waals surface area (Å²) in [5.74, 6) is -2.09. The van der Waals surface area contributed by atoms with Crippen LogP contribution in [-0.4, -0.2) is 16.1 Å². The quantitative estimate of drug-likeness (QED) is 0.542. The lowest BCUT2D eigenvalue weighted by Gasteiger charge is -2.20. The lowest BCUT2D eigenvalue weighted by molar-refractivity contribution is -0.0914. The summed E-state index contributed by atoms with van der Waals surface area (Å²) in [4.78, 5) is 0. The summed E-state index contributed by atoms with van der Waals surface area (Å²) in [6.45, 7) is 3.35. The van der Waals surface area contributed by atoms with Crippen molar-refractivity contribution in [3.8, 4) is 0 Å². The largest absolute Gasteiger partial charge is 0.346 e. The van der Waals surface area contributed by atoms with Gasteiger partial charge in [-0.3, -0.25) is 0 Å². The van der Waals surface area contributed by atoms with Crippen molar-refractivity contribution in [3.63, 3.8) is 0 Å². The van der Waals surface area contributed by atoms with E-state index in [2.05, 4.69) is 11.9 Å². The average Bonchev–Trinajstić information content (AvgIpc) is 2.29. The molecule has 0 unspecified atom stereocenters. The van der Waals surface area contributed by atoms with E-state index in [1.54, 1.807) is 6.07 Å². The maximum Gasteiger partial charge on any atom is 0.265 e. The molecule has 2 aromatic carbocycles. The smallest absolute Gasteiger partial charge is 0.265 e. The average molecular weight is 215 g/mol. The highest BCUT2D eigenvalue weighted by Crippen LogP contribution is 2.24. The monoisotopic (exact) mass is 215 g/mol. The summed E-state index contributed by atoms with van der Waals surface area (Å²) in [6.07, 6.45) is 1.04. The molecular formula is C13H13NO2. The summed E-state index contributed by atoms with van der Waals surface area (Å²) in [5, 5.41) is 23.5. The van der Waals surface area contributed by atoms with Gasteiger partial charge in [-0.1, -0.05) is 43.0 Å². The van der Waals surface area contributed by atoms with Gasteiger partial charge in [-0.25, -0.2) is 0 Å². The first-order valence-electron chi connectivity index (χ1n) is 4.97. The third-order valence-electron chi connectivity index (χ3n) is 2.39. The van der Waals surface area contributed by atoms with Gasteiger partial charge in [-0.2, -0.15) is 0 Å². The minimum Gasteiger partial charge on any atom is -0.346 e. The number of nitrogens with one attached hydrogen (secondary N) is 1.